The van der Waals surface area contributed by atoms with E-state index in [1.165, 1.54) is 5.56 Å². The van der Waals surface area contributed by atoms with Crippen LogP contribution in [0.1, 0.15) is 17.3 Å². The molecule has 3 aromatic heterocycles. The van der Waals surface area contributed by atoms with Gasteiger partial charge in [-0.2, -0.15) is 0 Å². The van der Waals surface area contributed by atoms with Gasteiger partial charge in [-0.3, -0.25) is 19.2 Å². The first-order chi connectivity index (χ1) is 15.2. The van der Waals surface area contributed by atoms with Gasteiger partial charge in [-0.15, -0.1) is 0 Å². The number of nitrogens with zero attached hydrogens (tertiary/aromatic N) is 5. The van der Waals surface area contributed by atoms with E-state index in [0.717, 1.165) is 54.5 Å². The predicted octanol–water partition coefficient (Wildman–Crippen LogP) is 3.89. The number of rotatable bonds is 5. The summed E-state index contributed by atoms with van der Waals surface area (Å²) < 4.78 is 7.51. The molecule has 0 amide bonds. The zero-order valence-electron chi connectivity index (χ0n) is 18.0. The molecule has 1 aromatic carbocycles. The van der Waals surface area contributed by atoms with Crippen LogP contribution in [0.15, 0.2) is 73.2 Å². The molecule has 0 aliphatic carbocycles. The molecule has 1 saturated heterocycles. The van der Waals surface area contributed by atoms with E-state index in [1.54, 1.807) is 7.11 Å². The van der Waals surface area contributed by atoms with Gasteiger partial charge in [-0.05, 0) is 60.6 Å². The van der Waals surface area contributed by atoms with Crippen LogP contribution in [0.5, 0.6) is 5.75 Å². The van der Waals surface area contributed by atoms with E-state index in [4.69, 9.17) is 9.72 Å². The molecule has 6 nitrogen and oxygen atoms in total. The highest BCUT2D eigenvalue weighted by atomic mass is 16.5. The van der Waals surface area contributed by atoms with Crippen molar-refractivity contribution in [3.05, 3.63) is 84.4 Å². The van der Waals surface area contributed by atoms with Crippen LogP contribution >= 0.6 is 0 Å². The van der Waals surface area contributed by atoms with Gasteiger partial charge in [0, 0.05) is 44.8 Å². The summed E-state index contributed by atoms with van der Waals surface area (Å²) in [6.07, 6.45) is 5.98. The van der Waals surface area contributed by atoms with Gasteiger partial charge in [-0.25, -0.2) is 4.98 Å². The zero-order chi connectivity index (χ0) is 21.2. The van der Waals surface area contributed by atoms with Crippen LogP contribution in [0.4, 0.5) is 0 Å². The number of piperazine rings is 1. The van der Waals surface area contributed by atoms with E-state index < -0.39 is 0 Å². The number of aromatic nitrogens is 3. The third kappa shape index (κ3) is 4.04. The number of ether oxygens (including phenoxy) is 1. The minimum absolute atomic E-state index is 0.258. The van der Waals surface area contributed by atoms with Crippen molar-refractivity contribution in [3.8, 4) is 17.0 Å². The molecule has 4 aromatic rings. The second-order valence-corrected chi connectivity index (χ2v) is 8.13. The van der Waals surface area contributed by atoms with Crippen LogP contribution in [0, 0.1) is 0 Å². The van der Waals surface area contributed by atoms with Crippen LogP contribution in [0.25, 0.3) is 16.9 Å². The average molecular weight is 414 g/mol. The van der Waals surface area contributed by atoms with Crippen LogP contribution in [-0.4, -0.2) is 58.0 Å². The van der Waals surface area contributed by atoms with E-state index in [0.29, 0.717) is 0 Å². The molecule has 0 radical (unpaired) electrons. The number of hydrogen-bond acceptors (Lipinski definition) is 5. The topological polar surface area (TPSA) is 45.9 Å². The first-order valence-electron chi connectivity index (χ1n) is 10.7. The second-order valence-electron chi connectivity index (χ2n) is 8.13. The van der Waals surface area contributed by atoms with Crippen LogP contribution in [0.2, 0.25) is 0 Å². The summed E-state index contributed by atoms with van der Waals surface area (Å²) in [5.41, 5.74) is 5.61. The largest absolute Gasteiger partial charge is 0.497 e. The van der Waals surface area contributed by atoms with Gasteiger partial charge in [0.1, 0.15) is 11.4 Å². The normalized spacial score (nSPS) is 17.8. The Bertz CT molecular complexity index is 1160. The fourth-order valence-electron chi connectivity index (χ4n) is 4.33. The fraction of sp³-hybridized carbons (Fsp3) is 0.280. The highest BCUT2D eigenvalue weighted by Gasteiger charge is 2.28. The predicted molar refractivity (Wildman–Crippen MR) is 122 cm³/mol. The smallest absolute Gasteiger partial charge is 0.137 e. The Hall–Kier alpha value is -3.22. The molecule has 1 atom stereocenters. The molecule has 158 valence electrons. The van der Waals surface area contributed by atoms with Crippen molar-refractivity contribution in [2.75, 3.05) is 33.8 Å². The SMILES string of the molecule is COc1ccc(-c2cccc3nc(C4CN(Cc5cccnc5)CCN4C)cn23)cc1. The monoisotopic (exact) mass is 413 g/mol. The van der Waals surface area contributed by atoms with Crippen molar-refractivity contribution in [3.63, 3.8) is 0 Å². The maximum atomic E-state index is 5.31. The van der Waals surface area contributed by atoms with E-state index in [1.807, 2.05) is 30.6 Å². The molecule has 31 heavy (non-hydrogen) atoms. The number of imidazole rings is 1. The molecular weight excluding hydrogens is 386 g/mol. The van der Waals surface area contributed by atoms with Crippen LogP contribution < -0.4 is 4.74 Å². The minimum Gasteiger partial charge on any atom is -0.497 e. The number of methoxy groups -OCH3 is 1. The molecule has 0 bridgehead atoms. The zero-order valence-corrected chi connectivity index (χ0v) is 18.0. The molecule has 0 spiro atoms. The second kappa shape index (κ2) is 8.49. The number of likely N-dealkylation sites (N-methyl/N-ethyl adjacent to an activating group) is 1. The van der Waals surface area contributed by atoms with Crippen molar-refractivity contribution in [1.82, 2.24) is 24.2 Å². The molecule has 0 saturated carbocycles. The highest BCUT2D eigenvalue weighted by molar-refractivity contribution is 5.64. The summed E-state index contributed by atoms with van der Waals surface area (Å²) in [7, 11) is 3.89. The van der Waals surface area contributed by atoms with Crippen molar-refractivity contribution in [2.24, 2.45) is 0 Å². The van der Waals surface area contributed by atoms with Gasteiger partial charge in [0.2, 0.25) is 0 Å². The summed E-state index contributed by atoms with van der Waals surface area (Å²) in [6, 6.07) is 18.9. The lowest BCUT2D eigenvalue weighted by Crippen LogP contribution is -2.46. The average Bonchev–Trinajstić information content (AvgIpc) is 3.25. The Morgan fingerprint density at radius 1 is 1.03 bits per heavy atom. The summed E-state index contributed by atoms with van der Waals surface area (Å²) in [6.45, 7) is 3.94. The first-order valence-corrected chi connectivity index (χ1v) is 10.7. The maximum Gasteiger partial charge on any atom is 0.137 e. The Balaban J connectivity index is 1.43. The van der Waals surface area contributed by atoms with Gasteiger partial charge >= 0.3 is 0 Å². The summed E-state index contributed by atoms with van der Waals surface area (Å²) in [5, 5.41) is 0. The fourth-order valence-corrected chi connectivity index (χ4v) is 4.33. The van der Waals surface area contributed by atoms with Crippen molar-refractivity contribution in [1.29, 1.82) is 0 Å². The van der Waals surface area contributed by atoms with Crippen molar-refractivity contribution < 1.29 is 4.74 Å². The van der Waals surface area contributed by atoms with Crippen molar-refractivity contribution >= 4 is 5.65 Å². The van der Waals surface area contributed by atoms with Gasteiger partial charge in [-0.1, -0.05) is 12.1 Å². The molecule has 1 aliphatic rings. The Labute approximate surface area is 182 Å². The number of hydrogen-bond donors (Lipinski definition) is 0. The summed E-state index contributed by atoms with van der Waals surface area (Å²) in [5.74, 6) is 0.861. The Morgan fingerprint density at radius 3 is 2.68 bits per heavy atom. The quantitative estimate of drug-likeness (QED) is 0.497. The minimum atomic E-state index is 0.258. The Morgan fingerprint density at radius 2 is 1.90 bits per heavy atom. The number of benzene rings is 1. The van der Waals surface area contributed by atoms with E-state index >= 15 is 0 Å². The van der Waals surface area contributed by atoms with Crippen LogP contribution in [0.3, 0.4) is 0 Å². The lowest BCUT2D eigenvalue weighted by Gasteiger charge is -2.38. The maximum absolute atomic E-state index is 5.31. The lowest BCUT2D eigenvalue weighted by molar-refractivity contribution is 0.0885. The molecule has 1 aliphatic heterocycles. The number of pyridine rings is 2. The van der Waals surface area contributed by atoms with Gasteiger partial charge < -0.3 is 4.74 Å². The van der Waals surface area contributed by atoms with Gasteiger partial charge in [0.25, 0.3) is 0 Å². The molecule has 0 N–H and O–H groups in total. The molecule has 6 heteroatoms. The highest BCUT2D eigenvalue weighted by Crippen LogP contribution is 2.28. The molecule has 4 heterocycles. The van der Waals surface area contributed by atoms with Crippen LogP contribution in [-0.2, 0) is 6.54 Å². The first kappa shape index (κ1) is 19.7. The molecule has 5 rings (SSSR count). The third-order valence-corrected chi connectivity index (χ3v) is 6.10. The summed E-state index contributed by atoms with van der Waals surface area (Å²) in [4.78, 5) is 14.2. The molecular formula is C25H27N5O. The third-order valence-electron chi connectivity index (χ3n) is 6.10. The van der Waals surface area contributed by atoms with Gasteiger partial charge in [0.05, 0.1) is 24.5 Å². The standard InChI is InChI=1S/C25H27N5O/c1-28-13-14-29(16-19-5-4-12-26-15-19)18-24(28)22-17-30-23(6-3-7-25(30)27-22)20-8-10-21(31-2)11-9-20/h3-12,15,17,24H,13-14,16,18H2,1-2H3. The molecule has 1 unspecified atom stereocenters. The summed E-state index contributed by atoms with van der Waals surface area (Å²) >= 11 is 0. The van der Waals surface area contributed by atoms with E-state index in [-0.39, 0.29) is 6.04 Å². The van der Waals surface area contributed by atoms with Crippen molar-refractivity contribution in [2.45, 2.75) is 12.6 Å². The molecule has 1 fully saturated rings. The Kier molecular flexibility index (Phi) is 5.40. The lowest BCUT2D eigenvalue weighted by atomic mass is 10.1. The van der Waals surface area contributed by atoms with E-state index in [2.05, 4.69) is 68.8 Å². The van der Waals surface area contributed by atoms with Gasteiger partial charge in [0.15, 0.2) is 0 Å². The number of fused-ring (bicyclic) bond motifs is 1. The van der Waals surface area contributed by atoms with E-state index in [9.17, 15) is 0 Å².